The predicted molar refractivity (Wildman–Crippen MR) is 81.5 cm³/mol. The minimum atomic E-state index is -0.529. The van der Waals surface area contributed by atoms with Gasteiger partial charge < -0.3 is 11.1 Å². The van der Waals surface area contributed by atoms with E-state index in [4.69, 9.17) is 5.73 Å². The van der Waals surface area contributed by atoms with Crippen molar-refractivity contribution in [3.8, 4) is 0 Å². The van der Waals surface area contributed by atoms with Crippen molar-refractivity contribution >= 4 is 18.3 Å². The molecule has 1 unspecified atom stereocenters. The molecule has 1 amide bonds. The van der Waals surface area contributed by atoms with Gasteiger partial charge in [0.05, 0.1) is 6.04 Å². The van der Waals surface area contributed by atoms with Gasteiger partial charge in [-0.05, 0) is 23.6 Å². The third kappa shape index (κ3) is 4.99. The number of pyridine rings is 1. The maximum Gasteiger partial charge on any atom is 0.237 e. The molecule has 0 saturated heterocycles. The Morgan fingerprint density at radius 3 is 2.50 bits per heavy atom. The van der Waals surface area contributed by atoms with Gasteiger partial charge in [0, 0.05) is 18.9 Å². The van der Waals surface area contributed by atoms with E-state index < -0.39 is 6.04 Å². The molecule has 0 spiro atoms. The summed E-state index contributed by atoms with van der Waals surface area (Å²) in [5.74, 6) is -0.146. The zero-order valence-electron chi connectivity index (χ0n) is 11.0. The van der Waals surface area contributed by atoms with E-state index in [0.717, 1.165) is 11.1 Å². The minimum absolute atomic E-state index is 0. The van der Waals surface area contributed by atoms with E-state index in [1.807, 2.05) is 42.5 Å². The van der Waals surface area contributed by atoms with Gasteiger partial charge in [-0.2, -0.15) is 0 Å². The molecule has 2 rings (SSSR count). The quantitative estimate of drug-likeness (QED) is 0.881. The second kappa shape index (κ2) is 8.30. The second-order valence-corrected chi connectivity index (χ2v) is 4.38. The highest BCUT2D eigenvalue weighted by atomic mass is 35.5. The topological polar surface area (TPSA) is 68.0 Å². The summed E-state index contributed by atoms with van der Waals surface area (Å²) < 4.78 is 0. The van der Waals surface area contributed by atoms with Gasteiger partial charge in [-0.25, -0.2) is 0 Å². The Balaban J connectivity index is 0.00000200. The van der Waals surface area contributed by atoms with Crippen LogP contribution in [0.1, 0.15) is 11.1 Å². The summed E-state index contributed by atoms with van der Waals surface area (Å²) in [6.45, 7) is 0.454. The molecular formula is C15H18ClN3O. The zero-order chi connectivity index (χ0) is 13.5. The van der Waals surface area contributed by atoms with Crippen molar-refractivity contribution in [1.29, 1.82) is 0 Å². The molecule has 1 aromatic carbocycles. The lowest BCUT2D eigenvalue weighted by Crippen LogP contribution is -2.41. The summed E-state index contributed by atoms with van der Waals surface area (Å²) >= 11 is 0. The van der Waals surface area contributed by atoms with Gasteiger partial charge in [-0.15, -0.1) is 12.4 Å². The number of hydrogen-bond acceptors (Lipinski definition) is 3. The lowest BCUT2D eigenvalue weighted by molar-refractivity contribution is -0.122. The van der Waals surface area contributed by atoms with Gasteiger partial charge in [-0.1, -0.05) is 36.4 Å². The SMILES string of the molecule is Cl.NC(Cc1ccccc1)C(=O)NCc1cccnc1. The Bertz CT molecular complexity index is 519. The molecule has 0 bridgehead atoms. The van der Waals surface area contributed by atoms with Crippen LogP contribution in [0.15, 0.2) is 54.9 Å². The Morgan fingerprint density at radius 1 is 1.15 bits per heavy atom. The van der Waals surface area contributed by atoms with Crippen LogP contribution in [0, 0.1) is 0 Å². The second-order valence-electron chi connectivity index (χ2n) is 4.38. The molecule has 3 N–H and O–H groups in total. The van der Waals surface area contributed by atoms with Crippen LogP contribution in [0.5, 0.6) is 0 Å². The number of halogens is 1. The molecule has 2 aromatic rings. The first-order chi connectivity index (χ1) is 9.25. The Morgan fingerprint density at radius 2 is 1.85 bits per heavy atom. The smallest absolute Gasteiger partial charge is 0.237 e. The van der Waals surface area contributed by atoms with Crippen molar-refractivity contribution in [3.63, 3.8) is 0 Å². The summed E-state index contributed by atoms with van der Waals surface area (Å²) in [6, 6.07) is 13.0. The van der Waals surface area contributed by atoms with Gasteiger partial charge in [0.2, 0.25) is 5.91 Å². The normalized spacial score (nSPS) is 11.2. The number of nitrogens with one attached hydrogen (secondary N) is 1. The first-order valence-electron chi connectivity index (χ1n) is 6.22. The molecule has 1 heterocycles. The van der Waals surface area contributed by atoms with E-state index in [-0.39, 0.29) is 18.3 Å². The number of nitrogens with zero attached hydrogens (tertiary/aromatic N) is 1. The standard InChI is InChI=1S/C15H17N3O.ClH/c16-14(9-12-5-2-1-3-6-12)15(19)18-11-13-7-4-8-17-10-13;/h1-8,10,14H,9,11,16H2,(H,18,19);1H. The van der Waals surface area contributed by atoms with Gasteiger partial charge in [0.1, 0.15) is 0 Å². The van der Waals surface area contributed by atoms with Crippen molar-refractivity contribution in [3.05, 3.63) is 66.0 Å². The lowest BCUT2D eigenvalue weighted by atomic mass is 10.1. The van der Waals surface area contributed by atoms with Crippen molar-refractivity contribution < 1.29 is 4.79 Å². The Hall–Kier alpha value is -1.91. The third-order valence-electron chi connectivity index (χ3n) is 2.82. The van der Waals surface area contributed by atoms with Gasteiger partial charge in [0.25, 0.3) is 0 Å². The van der Waals surface area contributed by atoms with Gasteiger partial charge in [-0.3, -0.25) is 9.78 Å². The fourth-order valence-corrected chi connectivity index (χ4v) is 1.78. The number of carbonyl (C=O) groups is 1. The molecule has 0 aliphatic heterocycles. The maximum absolute atomic E-state index is 11.9. The predicted octanol–water partition coefficient (Wildman–Crippen LogP) is 1.69. The van der Waals surface area contributed by atoms with E-state index in [9.17, 15) is 4.79 Å². The number of aromatic nitrogens is 1. The zero-order valence-corrected chi connectivity index (χ0v) is 11.8. The number of benzene rings is 1. The number of rotatable bonds is 5. The molecule has 5 heteroatoms. The lowest BCUT2D eigenvalue weighted by Gasteiger charge is -2.12. The van der Waals surface area contributed by atoms with Crippen LogP contribution in [0.2, 0.25) is 0 Å². The summed E-state index contributed by atoms with van der Waals surface area (Å²) in [5.41, 5.74) is 7.91. The first kappa shape index (κ1) is 16.1. The summed E-state index contributed by atoms with van der Waals surface area (Å²) in [6.07, 6.45) is 3.97. The highest BCUT2D eigenvalue weighted by Crippen LogP contribution is 2.02. The molecule has 0 aliphatic carbocycles. The largest absolute Gasteiger partial charge is 0.351 e. The fourth-order valence-electron chi connectivity index (χ4n) is 1.78. The molecule has 0 radical (unpaired) electrons. The fraction of sp³-hybridized carbons (Fsp3) is 0.200. The molecule has 0 saturated carbocycles. The van der Waals surface area contributed by atoms with Crippen LogP contribution in [0.25, 0.3) is 0 Å². The van der Waals surface area contributed by atoms with E-state index >= 15 is 0 Å². The summed E-state index contributed by atoms with van der Waals surface area (Å²) in [4.78, 5) is 15.9. The monoisotopic (exact) mass is 291 g/mol. The molecule has 20 heavy (non-hydrogen) atoms. The third-order valence-corrected chi connectivity index (χ3v) is 2.82. The van der Waals surface area contributed by atoms with Crippen molar-refractivity contribution in [2.24, 2.45) is 5.73 Å². The van der Waals surface area contributed by atoms with Crippen molar-refractivity contribution in [2.75, 3.05) is 0 Å². The van der Waals surface area contributed by atoms with Crippen LogP contribution >= 0.6 is 12.4 Å². The van der Waals surface area contributed by atoms with E-state index in [0.29, 0.717) is 13.0 Å². The number of hydrogen-bond donors (Lipinski definition) is 2. The molecule has 4 nitrogen and oxygen atoms in total. The van der Waals surface area contributed by atoms with E-state index in [1.54, 1.807) is 12.4 Å². The average molecular weight is 292 g/mol. The van der Waals surface area contributed by atoms with Crippen LogP contribution in [0.4, 0.5) is 0 Å². The van der Waals surface area contributed by atoms with E-state index in [2.05, 4.69) is 10.3 Å². The summed E-state index contributed by atoms with van der Waals surface area (Å²) in [5, 5.41) is 2.82. The molecule has 1 aromatic heterocycles. The van der Waals surface area contributed by atoms with E-state index in [1.165, 1.54) is 0 Å². The average Bonchev–Trinajstić information content (AvgIpc) is 2.47. The van der Waals surface area contributed by atoms with Crippen LogP contribution in [-0.2, 0) is 17.8 Å². The van der Waals surface area contributed by atoms with Gasteiger partial charge >= 0.3 is 0 Å². The van der Waals surface area contributed by atoms with Gasteiger partial charge in [0.15, 0.2) is 0 Å². The Labute approximate surface area is 124 Å². The highest BCUT2D eigenvalue weighted by molar-refractivity contribution is 5.85. The molecule has 0 aliphatic rings. The Kier molecular flexibility index (Phi) is 6.70. The molecular weight excluding hydrogens is 274 g/mol. The van der Waals surface area contributed by atoms with Crippen molar-refractivity contribution in [1.82, 2.24) is 10.3 Å². The summed E-state index contributed by atoms with van der Waals surface area (Å²) in [7, 11) is 0. The number of nitrogens with two attached hydrogens (primary N) is 1. The maximum atomic E-state index is 11.9. The molecule has 0 fully saturated rings. The highest BCUT2D eigenvalue weighted by Gasteiger charge is 2.13. The molecule has 106 valence electrons. The van der Waals surface area contributed by atoms with Crippen LogP contribution < -0.4 is 11.1 Å². The minimum Gasteiger partial charge on any atom is -0.351 e. The van der Waals surface area contributed by atoms with Crippen LogP contribution in [-0.4, -0.2) is 16.9 Å². The van der Waals surface area contributed by atoms with Crippen LogP contribution in [0.3, 0.4) is 0 Å². The number of carbonyl (C=O) groups excluding carboxylic acids is 1. The van der Waals surface area contributed by atoms with Crippen molar-refractivity contribution in [2.45, 2.75) is 19.0 Å². The molecule has 1 atom stereocenters. The number of amides is 1. The first-order valence-corrected chi connectivity index (χ1v) is 6.22.